The molecule has 1 aromatic rings. The van der Waals surface area contributed by atoms with Crippen LogP contribution in [0, 0.1) is 0 Å². The normalized spacial score (nSPS) is 26.3. The molecule has 2 rings (SSSR count). The molecule has 2 heterocycles. The molecule has 0 aliphatic carbocycles. The van der Waals surface area contributed by atoms with Gasteiger partial charge < -0.3 is 10.1 Å². The van der Waals surface area contributed by atoms with Crippen molar-refractivity contribution in [2.24, 2.45) is 0 Å². The van der Waals surface area contributed by atoms with Gasteiger partial charge in [0.15, 0.2) is 0 Å². The maximum absolute atomic E-state index is 5.04. The summed E-state index contributed by atoms with van der Waals surface area (Å²) >= 11 is 1.96. The predicted molar refractivity (Wildman–Crippen MR) is 63.2 cm³/mol. The summed E-state index contributed by atoms with van der Waals surface area (Å²) in [4.78, 5) is 4.22. The largest absolute Gasteiger partial charge is 0.481 e. The van der Waals surface area contributed by atoms with E-state index in [1.807, 2.05) is 24.0 Å². The van der Waals surface area contributed by atoms with Gasteiger partial charge in [0.2, 0.25) is 5.88 Å². The van der Waals surface area contributed by atoms with Crippen LogP contribution in [0.5, 0.6) is 5.88 Å². The number of methoxy groups -OCH3 is 1. The Kier molecular flexibility index (Phi) is 3.49. The zero-order chi connectivity index (χ0) is 10.7. The summed E-state index contributed by atoms with van der Waals surface area (Å²) in [6.07, 6.45) is 3.13. The Hall–Kier alpha value is -0.740. The van der Waals surface area contributed by atoms with Crippen LogP contribution in [0.4, 0.5) is 0 Å². The second-order valence-electron chi connectivity index (χ2n) is 3.70. The summed E-state index contributed by atoms with van der Waals surface area (Å²) in [5, 5.41) is 4.59. The minimum Gasteiger partial charge on any atom is -0.481 e. The van der Waals surface area contributed by atoms with E-state index in [2.05, 4.69) is 23.3 Å². The van der Waals surface area contributed by atoms with Crippen LogP contribution in [0.3, 0.4) is 0 Å². The molecular weight excluding hydrogens is 208 g/mol. The fourth-order valence-corrected chi connectivity index (χ4v) is 2.86. The SMILES string of the molecule is COc1ccc(C2NCCC(C)S2)cn1. The number of nitrogens with one attached hydrogen (secondary N) is 1. The average molecular weight is 224 g/mol. The number of pyridine rings is 1. The Morgan fingerprint density at radius 1 is 1.53 bits per heavy atom. The molecule has 0 amide bonds. The molecule has 0 saturated carbocycles. The summed E-state index contributed by atoms with van der Waals surface area (Å²) in [7, 11) is 1.64. The van der Waals surface area contributed by atoms with Gasteiger partial charge in [-0.15, -0.1) is 11.8 Å². The first-order valence-electron chi connectivity index (χ1n) is 5.18. The third kappa shape index (κ3) is 2.63. The van der Waals surface area contributed by atoms with Crippen LogP contribution in [0.15, 0.2) is 18.3 Å². The van der Waals surface area contributed by atoms with Crippen molar-refractivity contribution in [1.29, 1.82) is 0 Å². The highest BCUT2D eigenvalue weighted by atomic mass is 32.2. The third-order valence-electron chi connectivity index (χ3n) is 2.52. The lowest BCUT2D eigenvalue weighted by atomic mass is 10.2. The first-order valence-corrected chi connectivity index (χ1v) is 6.12. The van der Waals surface area contributed by atoms with Gasteiger partial charge in [-0.3, -0.25) is 0 Å². The number of aromatic nitrogens is 1. The van der Waals surface area contributed by atoms with Crippen molar-refractivity contribution in [3.63, 3.8) is 0 Å². The maximum atomic E-state index is 5.04. The monoisotopic (exact) mass is 224 g/mol. The van der Waals surface area contributed by atoms with Crippen molar-refractivity contribution < 1.29 is 4.74 Å². The number of nitrogens with zero attached hydrogens (tertiary/aromatic N) is 1. The highest BCUT2D eigenvalue weighted by molar-refractivity contribution is 8.00. The fourth-order valence-electron chi connectivity index (χ4n) is 1.63. The van der Waals surface area contributed by atoms with Crippen molar-refractivity contribution >= 4 is 11.8 Å². The molecule has 2 unspecified atom stereocenters. The summed E-state index contributed by atoms with van der Waals surface area (Å²) in [6, 6.07) is 3.99. The summed E-state index contributed by atoms with van der Waals surface area (Å²) in [5.41, 5.74) is 1.23. The van der Waals surface area contributed by atoms with Gasteiger partial charge in [0.05, 0.1) is 12.5 Å². The second-order valence-corrected chi connectivity index (χ2v) is 5.25. The van der Waals surface area contributed by atoms with E-state index in [1.54, 1.807) is 7.11 Å². The summed E-state index contributed by atoms with van der Waals surface area (Å²) in [5.74, 6) is 0.674. The van der Waals surface area contributed by atoms with Crippen molar-refractivity contribution in [1.82, 2.24) is 10.3 Å². The Morgan fingerprint density at radius 2 is 2.40 bits per heavy atom. The van der Waals surface area contributed by atoms with Crippen molar-refractivity contribution in [2.45, 2.75) is 24.0 Å². The molecule has 1 N–H and O–H groups in total. The molecule has 0 aromatic carbocycles. The molecule has 3 nitrogen and oxygen atoms in total. The maximum Gasteiger partial charge on any atom is 0.212 e. The molecule has 0 bridgehead atoms. The van der Waals surface area contributed by atoms with Crippen LogP contribution in [-0.4, -0.2) is 23.9 Å². The van der Waals surface area contributed by atoms with Crippen molar-refractivity contribution in [2.75, 3.05) is 13.7 Å². The number of ether oxygens (including phenoxy) is 1. The molecule has 1 aliphatic heterocycles. The van der Waals surface area contributed by atoms with Crippen LogP contribution >= 0.6 is 11.8 Å². The predicted octanol–water partition coefficient (Wildman–Crippen LogP) is 2.20. The lowest BCUT2D eigenvalue weighted by molar-refractivity contribution is 0.397. The summed E-state index contributed by atoms with van der Waals surface area (Å²) < 4.78 is 5.04. The zero-order valence-electron chi connectivity index (χ0n) is 9.06. The molecule has 0 radical (unpaired) electrons. The van der Waals surface area contributed by atoms with Gasteiger partial charge in [-0.25, -0.2) is 4.98 Å². The Labute approximate surface area is 94.6 Å². The van der Waals surface area contributed by atoms with E-state index >= 15 is 0 Å². The number of hydrogen-bond acceptors (Lipinski definition) is 4. The molecule has 1 aliphatic rings. The van der Waals surface area contributed by atoms with Crippen LogP contribution in [0.25, 0.3) is 0 Å². The molecule has 2 atom stereocenters. The molecule has 0 spiro atoms. The molecular formula is C11H16N2OS. The number of hydrogen-bond donors (Lipinski definition) is 1. The van der Waals surface area contributed by atoms with Crippen LogP contribution in [0.2, 0.25) is 0 Å². The Morgan fingerprint density at radius 3 is 3.00 bits per heavy atom. The van der Waals surface area contributed by atoms with Gasteiger partial charge in [0.1, 0.15) is 0 Å². The van der Waals surface area contributed by atoms with E-state index in [0.29, 0.717) is 11.3 Å². The van der Waals surface area contributed by atoms with Gasteiger partial charge in [0.25, 0.3) is 0 Å². The molecule has 82 valence electrons. The third-order valence-corrected chi connectivity index (χ3v) is 3.93. The van der Waals surface area contributed by atoms with Gasteiger partial charge in [-0.05, 0) is 24.6 Å². The number of rotatable bonds is 2. The zero-order valence-corrected chi connectivity index (χ0v) is 9.88. The standard InChI is InChI=1S/C11H16N2OS/c1-8-5-6-12-11(15-8)9-3-4-10(14-2)13-7-9/h3-4,7-8,11-12H,5-6H2,1-2H3. The van der Waals surface area contributed by atoms with E-state index < -0.39 is 0 Å². The van der Waals surface area contributed by atoms with Crippen molar-refractivity contribution in [3.05, 3.63) is 23.9 Å². The number of thioether (sulfide) groups is 1. The first-order chi connectivity index (χ1) is 7.29. The van der Waals surface area contributed by atoms with Gasteiger partial charge in [0, 0.05) is 17.5 Å². The van der Waals surface area contributed by atoms with Crippen molar-refractivity contribution in [3.8, 4) is 5.88 Å². The smallest absolute Gasteiger partial charge is 0.212 e. The minimum absolute atomic E-state index is 0.382. The highest BCUT2D eigenvalue weighted by Gasteiger charge is 2.20. The van der Waals surface area contributed by atoms with E-state index in [9.17, 15) is 0 Å². The van der Waals surface area contributed by atoms with Crippen LogP contribution in [0.1, 0.15) is 24.3 Å². The quantitative estimate of drug-likeness (QED) is 0.835. The van der Waals surface area contributed by atoms with Gasteiger partial charge >= 0.3 is 0 Å². The first kappa shape index (κ1) is 10.8. The molecule has 1 aromatic heterocycles. The lowest BCUT2D eigenvalue weighted by Crippen LogP contribution is -2.28. The van der Waals surface area contributed by atoms with Gasteiger partial charge in [-0.1, -0.05) is 6.92 Å². The lowest BCUT2D eigenvalue weighted by Gasteiger charge is -2.27. The van der Waals surface area contributed by atoms with Crippen LogP contribution in [-0.2, 0) is 0 Å². The second kappa shape index (κ2) is 4.86. The Balaban J connectivity index is 2.07. The topological polar surface area (TPSA) is 34.1 Å². The molecule has 4 heteroatoms. The molecule has 15 heavy (non-hydrogen) atoms. The van der Waals surface area contributed by atoms with Gasteiger partial charge in [-0.2, -0.15) is 0 Å². The Bertz CT molecular complexity index is 315. The van der Waals surface area contributed by atoms with Crippen LogP contribution < -0.4 is 10.1 Å². The minimum atomic E-state index is 0.382. The van der Waals surface area contributed by atoms with E-state index in [0.717, 1.165) is 11.8 Å². The fraction of sp³-hybridized carbons (Fsp3) is 0.545. The highest BCUT2D eigenvalue weighted by Crippen LogP contribution is 2.34. The molecule has 1 saturated heterocycles. The van der Waals surface area contributed by atoms with E-state index in [-0.39, 0.29) is 0 Å². The molecule has 1 fully saturated rings. The van der Waals surface area contributed by atoms with E-state index in [4.69, 9.17) is 4.74 Å². The average Bonchev–Trinajstić information content (AvgIpc) is 2.29. The summed E-state index contributed by atoms with van der Waals surface area (Å²) in [6.45, 7) is 3.36. The van der Waals surface area contributed by atoms with E-state index in [1.165, 1.54) is 12.0 Å².